The molecule has 0 spiro atoms. The third kappa shape index (κ3) is 2.58. The van der Waals surface area contributed by atoms with E-state index in [-0.39, 0.29) is 12.1 Å². The van der Waals surface area contributed by atoms with E-state index in [0.29, 0.717) is 11.0 Å². The Morgan fingerprint density at radius 3 is 2.38 bits per heavy atom. The fraction of sp³-hybridized carbons (Fsp3) is 0.727. The summed E-state index contributed by atoms with van der Waals surface area (Å²) < 4.78 is 5.27. The van der Waals surface area contributed by atoms with Crippen molar-refractivity contribution < 1.29 is 9.53 Å². The normalized spacial score (nSPS) is 22.3. The second-order valence-corrected chi connectivity index (χ2v) is 4.57. The topological polar surface area (TPSA) is 26.3 Å². The van der Waals surface area contributed by atoms with Crippen LogP contribution in [0.5, 0.6) is 0 Å². The lowest BCUT2D eigenvalue weighted by atomic mass is 9.70. The molecule has 13 heavy (non-hydrogen) atoms. The minimum Gasteiger partial charge on any atom is -0.459 e. The first-order valence-corrected chi connectivity index (χ1v) is 4.78. The second-order valence-electron chi connectivity index (χ2n) is 4.57. The van der Waals surface area contributed by atoms with E-state index in [9.17, 15) is 4.79 Å². The quantitative estimate of drug-likeness (QED) is 0.485. The van der Waals surface area contributed by atoms with Gasteiger partial charge in [0.25, 0.3) is 0 Å². The van der Waals surface area contributed by atoms with Crippen molar-refractivity contribution in [2.45, 2.75) is 46.6 Å². The summed E-state index contributed by atoms with van der Waals surface area (Å²) in [6.07, 6.45) is 3.93. The Bertz CT molecular complexity index is 230. The summed E-state index contributed by atoms with van der Waals surface area (Å²) in [4.78, 5) is 11.3. The molecule has 0 atom stereocenters. The summed E-state index contributed by atoms with van der Waals surface area (Å²) in [7, 11) is 0. The van der Waals surface area contributed by atoms with E-state index in [1.54, 1.807) is 13.0 Å². The van der Waals surface area contributed by atoms with Crippen LogP contribution in [0.3, 0.4) is 0 Å². The molecule has 0 bridgehead atoms. The van der Waals surface area contributed by atoms with Crippen molar-refractivity contribution in [1.29, 1.82) is 0 Å². The Labute approximate surface area is 80.0 Å². The number of carbonyl (C=O) groups is 1. The maximum absolute atomic E-state index is 11.3. The zero-order valence-electron chi connectivity index (χ0n) is 8.89. The van der Waals surface area contributed by atoms with Gasteiger partial charge in [0.05, 0.1) is 0 Å². The molecule has 2 heteroatoms. The lowest BCUT2D eigenvalue weighted by Crippen LogP contribution is -2.39. The van der Waals surface area contributed by atoms with Crippen LogP contribution < -0.4 is 0 Å². The van der Waals surface area contributed by atoms with Crippen LogP contribution in [0.15, 0.2) is 11.6 Å². The molecule has 0 aromatic rings. The number of esters is 1. The Balaban J connectivity index is 2.33. The molecule has 1 saturated carbocycles. The molecule has 0 aliphatic heterocycles. The van der Waals surface area contributed by atoms with Crippen molar-refractivity contribution >= 4 is 5.97 Å². The van der Waals surface area contributed by atoms with Gasteiger partial charge < -0.3 is 4.74 Å². The highest BCUT2D eigenvalue weighted by Gasteiger charge is 2.38. The maximum Gasteiger partial charge on any atom is 0.333 e. The standard InChI is InChI=1S/C11H18O2/c1-5-8(2)10(12)13-9-6-11(3,4)7-9/h5,9H,6-7H2,1-4H3/b8-5-. The van der Waals surface area contributed by atoms with Gasteiger partial charge in [-0.2, -0.15) is 0 Å². The van der Waals surface area contributed by atoms with E-state index < -0.39 is 0 Å². The van der Waals surface area contributed by atoms with Gasteiger partial charge in [0.2, 0.25) is 0 Å². The number of hydrogen-bond donors (Lipinski definition) is 0. The van der Waals surface area contributed by atoms with Crippen molar-refractivity contribution in [1.82, 2.24) is 0 Å². The van der Waals surface area contributed by atoms with Crippen molar-refractivity contribution in [2.24, 2.45) is 5.41 Å². The summed E-state index contributed by atoms with van der Waals surface area (Å²) in [6.45, 7) is 8.02. The lowest BCUT2D eigenvalue weighted by Gasteiger charge is -2.41. The molecule has 0 aromatic carbocycles. The van der Waals surface area contributed by atoms with E-state index in [1.807, 2.05) is 6.92 Å². The van der Waals surface area contributed by atoms with Gasteiger partial charge in [0.1, 0.15) is 6.10 Å². The minimum atomic E-state index is -0.164. The summed E-state index contributed by atoms with van der Waals surface area (Å²) in [5, 5.41) is 0. The van der Waals surface area contributed by atoms with Gasteiger partial charge in [-0.05, 0) is 32.1 Å². The van der Waals surface area contributed by atoms with Gasteiger partial charge >= 0.3 is 5.97 Å². The Hall–Kier alpha value is -0.790. The summed E-state index contributed by atoms with van der Waals surface area (Å²) in [6, 6.07) is 0. The smallest absolute Gasteiger partial charge is 0.333 e. The van der Waals surface area contributed by atoms with Gasteiger partial charge in [-0.3, -0.25) is 0 Å². The van der Waals surface area contributed by atoms with Gasteiger partial charge in [0.15, 0.2) is 0 Å². The molecule has 0 radical (unpaired) electrons. The van der Waals surface area contributed by atoms with Crippen LogP contribution >= 0.6 is 0 Å². The highest BCUT2D eigenvalue weighted by atomic mass is 16.5. The lowest BCUT2D eigenvalue weighted by molar-refractivity contribution is -0.154. The minimum absolute atomic E-state index is 0.150. The average molecular weight is 182 g/mol. The second kappa shape index (κ2) is 3.52. The first-order chi connectivity index (χ1) is 5.94. The zero-order chi connectivity index (χ0) is 10.1. The summed E-state index contributed by atoms with van der Waals surface area (Å²) in [5.74, 6) is -0.164. The van der Waals surface area contributed by atoms with E-state index in [4.69, 9.17) is 4.74 Å². The highest BCUT2D eigenvalue weighted by molar-refractivity contribution is 5.87. The molecule has 1 fully saturated rings. The molecule has 0 unspecified atom stereocenters. The highest BCUT2D eigenvalue weighted by Crippen LogP contribution is 2.41. The largest absolute Gasteiger partial charge is 0.459 e. The molecule has 1 aliphatic rings. The van der Waals surface area contributed by atoms with Crippen LogP contribution in [0.25, 0.3) is 0 Å². The third-order valence-corrected chi connectivity index (χ3v) is 2.59. The monoisotopic (exact) mass is 182 g/mol. The van der Waals surface area contributed by atoms with Crippen LogP contribution in [-0.4, -0.2) is 12.1 Å². The first-order valence-electron chi connectivity index (χ1n) is 4.78. The number of allylic oxidation sites excluding steroid dienone is 1. The molecule has 1 rings (SSSR count). The number of rotatable bonds is 2. The molecule has 1 aliphatic carbocycles. The van der Waals surface area contributed by atoms with E-state index in [0.717, 1.165) is 12.8 Å². The average Bonchev–Trinajstić information content (AvgIpc) is 1.99. The van der Waals surface area contributed by atoms with Crippen LogP contribution in [0.1, 0.15) is 40.5 Å². The molecule has 0 saturated heterocycles. The van der Waals surface area contributed by atoms with Gasteiger partial charge in [-0.15, -0.1) is 0 Å². The van der Waals surface area contributed by atoms with Gasteiger partial charge in [-0.1, -0.05) is 19.9 Å². The fourth-order valence-electron chi connectivity index (χ4n) is 1.62. The van der Waals surface area contributed by atoms with E-state index in [1.165, 1.54) is 0 Å². The SMILES string of the molecule is C/C=C(/C)C(=O)OC1CC(C)(C)C1. The molecule has 0 aromatic heterocycles. The number of carbonyl (C=O) groups excluding carboxylic acids is 1. The predicted octanol–water partition coefficient (Wildman–Crippen LogP) is 2.68. The molecular formula is C11H18O2. The summed E-state index contributed by atoms with van der Waals surface area (Å²) in [5.41, 5.74) is 1.07. The Morgan fingerprint density at radius 1 is 1.46 bits per heavy atom. The van der Waals surface area contributed by atoms with Crippen molar-refractivity contribution in [3.05, 3.63) is 11.6 Å². The van der Waals surface area contributed by atoms with Crippen LogP contribution in [0, 0.1) is 5.41 Å². The molecule has 0 N–H and O–H groups in total. The molecule has 74 valence electrons. The third-order valence-electron chi connectivity index (χ3n) is 2.59. The van der Waals surface area contributed by atoms with Crippen LogP contribution in [-0.2, 0) is 9.53 Å². The Morgan fingerprint density at radius 2 is 2.00 bits per heavy atom. The zero-order valence-corrected chi connectivity index (χ0v) is 8.89. The predicted molar refractivity (Wildman–Crippen MR) is 52.3 cm³/mol. The molecule has 0 amide bonds. The number of ether oxygens (including phenoxy) is 1. The van der Waals surface area contributed by atoms with Gasteiger partial charge in [-0.25, -0.2) is 4.79 Å². The summed E-state index contributed by atoms with van der Waals surface area (Å²) >= 11 is 0. The Kier molecular flexibility index (Phi) is 2.79. The van der Waals surface area contributed by atoms with E-state index >= 15 is 0 Å². The first kappa shape index (κ1) is 10.3. The van der Waals surface area contributed by atoms with Crippen molar-refractivity contribution in [3.63, 3.8) is 0 Å². The van der Waals surface area contributed by atoms with Gasteiger partial charge in [0, 0.05) is 5.57 Å². The molecule has 0 heterocycles. The molecular weight excluding hydrogens is 164 g/mol. The van der Waals surface area contributed by atoms with Crippen LogP contribution in [0.2, 0.25) is 0 Å². The van der Waals surface area contributed by atoms with Crippen molar-refractivity contribution in [3.8, 4) is 0 Å². The maximum atomic E-state index is 11.3. The fourth-order valence-corrected chi connectivity index (χ4v) is 1.62. The van der Waals surface area contributed by atoms with Crippen LogP contribution in [0.4, 0.5) is 0 Å². The van der Waals surface area contributed by atoms with Crippen molar-refractivity contribution in [2.75, 3.05) is 0 Å². The van der Waals surface area contributed by atoms with E-state index in [2.05, 4.69) is 13.8 Å². The molecule has 2 nitrogen and oxygen atoms in total. The number of hydrogen-bond acceptors (Lipinski definition) is 2.